The number of nitrogens with one attached hydrogen (secondary N) is 2. The average Bonchev–Trinajstić information content (AvgIpc) is 2.46. The summed E-state index contributed by atoms with van der Waals surface area (Å²) >= 11 is 0. The van der Waals surface area contributed by atoms with Crippen molar-refractivity contribution >= 4 is 5.91 Å². The van der Waals surface area contributed by atoms with Gasteiger partial charge < -0.3 is 15.4 Å². The van der Waals surface area contributed by atoms with Gasteiger partial charge in [-0.25, -0.2) is 0 Å². The largest absolute Gasteiger partial charge is 0.373 e. The van der Waals surface area contributed by atoms with Gasteiger partial charge in [0.1, 0.15) is 0 Å². The van der Waals surface area contributed by atoms with E-state index in [0.717, 1.165) is 44.6 Å². The molecule has 20 heavy (non-hydrogen) atoms. The van der Waals surface area contributed by atoms with E-state index in [-0.39, 0.29) is 17.9 Å². The van der Waals surface area contributed by atoms with E-state index in [2.05, 4.69) is 10.6 Å². The van der Waals surface area contributed by atoms with Crippen LogP contribution in [-0.4, -0.2) is 32.1 Å². The molecule has 1 aromatic carbocycles. The van der Waals surface area contributed by atoms with Gasteiger partial charge >= 0.3 is 0 Å². The maximum absolute atomic E-state index is 12.4. The molecule has 0 bridgehead atoms. The Morgan fingerprint density at radius 2 is 2.10 bits per heavy atom. The molecule has 108 valence electrons. The molecule has 3 rings (SSSR count). The zero-order valence-corrected chi connectivity index (χ0v) is 11.7. The highest BCUT2D eigenvalue weighted by molar-refractivity contribution is 5.79. The topological polar surface area (TPSA) is 50.4 Å². The van der Waals surface area contributed by atoms with Crippen molar-refractivity contribution in [3.05, 3.63) is 35.9 Å². The Morgan fingerprint density at radius 1 is 1.30 bits per heavy atom. The van der Waals surface area contributed by atoms with Crippen LogP contribution in [0.15, 0.2) is 30.3 Å². The molecule has 2 heterocycles. The molecule has 1 aromatic rings. The molecule has 2 fully saturated rings. The van der Waals surface area contributed by atoms with Crippen molar-refractivity contribution in [1.82, 2.24) is 10.6 Å². The first-order valence-electron chi connectivity index (χ1n) is 7.49. The Kier molecular flexibility index (Phi) is 4.33. The molecule has 2 N–H and O–H groups in total. The van der Waals surface area contributed by atoms with Crippen molar-refractivity contribution in [2.24, 2.45) is 11.8 Å². The Bertz CT molecular complexity index is 445. The monoisotopic (exact) mass is 274 g/mol. The summed E-state index contributed by atoms with van der Waals surface area (Å²) in [6.45, 7) is 3.56. The normalized spacial score (nSPS) is 26.8. The minimum atomic E-state index is -0.0931. The third-order valence-corrected chi connectivity index (χ3v) is 4.22. The van der Waals surface area contributed by atoms with Crippen LogP contribution in [0, 0.1) is 11.8 Å². The molecule has 2 aliphatic heterocycles. The lowest BCUT2D eigenvalue weighted by Gasteiger charge is -2.33. The molecular weight excluding hydrogens is 252 g/mol. The van der Waals surface area contributed by atoms with Gasteiger partial charge in [0.15, 0.2) is 0 Å². The third-order valence-electron chi connectivity index (χ3n) is 4.22. The lowest BCUT2D eigenvalue weighted by atomic mass is 9.88. The number of hydrogen-bond acceptors (Lipinski definition) is 3. The van der Waals surface area contributed by atoms with E-state index in [1.165, 1.54) is 0 Å². The summed E-state index contributed by atoms with van der Waals surface area (Å²) in [5.41, 5.74) is 1.11. The third kappa shape index (κ3) is 3.02. The average molecular weight is 274 g/mol. The standard InChI is InChI=1S/C16H22N2O2/c19-16(18-11-12-9-17-10-12)14-7-4-8-20-15(14)13-5-2-1-3-6-13/h1-3,5-6,12,14-15,17H,4,7-11H2,(H,18,19). The van der Waals surface area contributed by atoms with E-state index in [4.69, 9.17) is 4.74 Å². The molecule has 0 aliphatic carbocycles. The quantitative estimate of drug-likeness (QED) is 0.874. The van der Waals surface area contributed by atoms with E-state index in [1.807, 2.05) is 30.3 Å². The minimum Gasteiger partial charge on any atom is -0.373 e. The smallest absolute Gasteiger partial charge is 0.226 e. The summed E-state index contributed by atoms with van der Waals surface area (Å²) in [6, 6.07) is 10.1. The highest BCUT2D eigenvalue weighted by atomic mass is 16.5. The first kappa shape index (κ1) is 13.6. The summed E-state index contributed by atoms with van der Waals surface area (Å²) < 4.78 is 5.87. The number of amides is 1. The number of ether oxygens (including phenoxy) is 1. The molecule has 0 radical (unpaired) electrons. The molecule has 2 aliphatic rings. The fraction of sp³-hybridized carbons (Fsp3) is 0.562. The van der Waals surface area contributed by atoms with E-state index in [1.54, 1.807) is 0 Å². The van der Waals surface area contributed by atoms with Crippen LogP contribution < -0.4 is 10.6 Å². The number of hydrogen-bond donors (Lipinski definition) is 2. The zero-order chi connectivity index (χ0) is 13.8. The molecule has 4 heteroatoms. The highest BCUT2D eigenvalue weighted by Crippen LogP contribution is 2.33. The SMILES string of the molecule is O=C(NCC1CNC1)C1CCCOC1c1ccccc1. The van der Waals surface area contributed by atoms with E-state index in [9.17, 15) is 4.79 Å². The number of carbonyl (C=O) groups excluding carboxylic acids is 1. The maximum Gasteiger partial charge on any atom is 0.226 e. The Balaban J connectivity index is 1.63. The number of benzene rings is 1. The Hall–Kier alpha value is -1.39. The molecule has 2 saturated heterocycles. The molecule has 0 saturated carbocycles. The highest BCUT2D eigenvalue weighted by Gasteiger charge is 2.33. The Morgan fingerprint density at radius 3 is 2.80 bits per heavy atom. The second-order valence-electron chi connectivity index (χ2n) is 5.72. The summed E-state index contributed by atoms with van der Waals surface area (Å²) in [5.74, 6) is 0.684. The summed E-state index contributed by atoms with van der Waals surface area (Å²) in [4.78, 5) is 12.4. The van der Waals surface area contributed by atoms with Gasteiger partial charge in [0, 0.05) is 32.2 Å². The zero-order valence-electron chi connectivity index (χ0n) is 11.7. The van der Waals surface area contributed by atoms with Gasteiger partial charge in [0.25, 0.3) is 0 Å². The van der Waals surface area contributed by atoms with Crippen LogP contribution in [0.3, 0.4) is 0 Å². The maximum atomic E-state index is 12.4. The van der Waals surface area contributed by atoms with Gasteiger partial charge in [-0.1, -0.05) is 30.3 Å². The summed E-state index contributed by atoms with van der Waals surface area (Å²) in [7, 11) is 0. The number of carbonyl (C=O) groups is 1. The van der Waals surface area contributed by atoms with Crippen LogP contribution >= 0.6 is 0 Å². The van der Waals surface area contributed by atoms with Crippen molar-refractivity contribution in [2.75, 3.05) is 26.2 Å². The predicted octanol–water partition coefficient (Wildman–Crippen LogP) is 1.49. The van der Waals surface area contributed by atoms with Crippen molar-refractivity contribution in [2.45, 2.75) is 18.9 Å². The summed E-state index contributed by atoms with van der Waals surface area (Å²) in [6.07, 6.45) is 1.78. The molecule has 1 amide bonds. The van der Waals surface area contributed by atoms with Crippen LogP contribution in [0.5, 0.6) is 0 Å². The van der Waals surface area contributed by atoms with Crippen LogP contribution in [0.2, 0.25) is 0 Å². The van der Waals surface area contributed by atoms with Crippen molar-refractivity contribution in [3.63, 3.8) is 0 Å². The molecule has 2 atom stereocenters. The van der Waals surface area contributed by atoms with Gasteiger partial charge in [-0.3, -0.25) is 4.79 Å². The summed E-state index contributed by atoms with van der Waals surface area (Å²) in [5, 5.41) is 6.32. The second kappa shape index (κ2) is 6.37. The second-order valence-corrected chi connectivity index (χ2v) is 5.72. The molecule has 2 unspecified atom stereocenters. The van der Waals surface area contributed by atoms with Crippen molar-refractivity contribution in [1.29, 1.82) is 0 Å². The predicted molar refractivity (Wildman–Crippen MR) is 77.2 cm³/mol. The van der Waals surface area contributed by atoms with Gasteiger partial charge in [-0.15, -0.1) is 0 Å². The molecule has 4 nitrogen and oxygen atoms in total. The molecule has 0 aromatic heterocycles. The number of rotatable bonds is 4. The van der Waals surface area contributed by atoms with Crippen molar-refractivity contribution in [3.8, 4) is 0 Å². The van der Waals surface area contributed by atoms with Crippen LogP contribution in [0.4, 0.5) is 0 Å². The molecular formula is C16H22N2O2. The Labute approximate surface area is 119 Å². The minimum absolute atomic E-state index is 0.0563. The van der Waals surface area contributed by atoms with Gasteiger partial charge in [-0.05, 0) is 18.4 Å². The fourth-order valence-corrected chi connectivity index (χ4v) is 2.89. The van der Waals surface area contributed by atoms with Gasteiger partial charge in [-0.2, -0.15) is 0 Å². The lowest BCUT2D eigenvalue weighted by Crippen LogP contribution is -2.49. The van der Waals surface area contributed by atoms with Gasteiger partial charge in [0.2, 0.25) is 5.91 Å². The van der Waals surface area contributed by atoms with E-state index in [0.29, 0.717) is 5.92 Å². The molecule has 0 spiro atoms. The van der Waals surface area contributed by atoms with E-state index >= 15 is 0 Å². The van der Waals surface area contributed by atoms with Crippen LogP contribution in [-0.2, 0) is 9.53 Å². The van der Waals surface area contributed by atoms with Crippen LogP contribution in [0.25, 0.3) is 0 Å². The van der Waals surface area contributed by atoms with Crippen LogP contribution in [0.1, 0.15) is 24.5 Å². The van der Waals surface area contributed by atoms with Crippen molar-refractivity contribution < 1.29 is 9.53 Å². The van der Waals surface area contributed by atoms with E-state index < -0.39 is 0 Å². The lowest BCUT2D eigenvalue weighted by molar-refractivity contribution is -0.135. The van der Waals surface area contributed by atoms with Gasteiger partial charge in [0.05, 0.1) is 12.0 Å². The first-order chi connectivity index (χ1) is 9.84. The fourth-order valence-electron chi connectivity index (χ4n) is 2.89. The first-order valence-corrected chi connectivity index (χ1v) is 7.49.